The van der Waals surface area contributed by atoms with Gasteiger partial charge in [0.15, 0.2) is 0 Å². The maximum atomic E-state index is 13.8. The first-order chi connectivity index (χ1) is 9.62. The molecule has 0 bridgehead atoms. The highest BCUT2D eigenvalue weighted by Crippen LogP contribution is 2.14. The molecule has 0 aromatic heterocycles. The SMILES string of the molecule is CCN(Cc1ccc(C#N)cc1F)C(=O)CCCCCl. The van der Waals surface area contributed by atoms with E-state index in [0.29, 0.717) is 24.4 Å². The van der Waals surface area contributed by atoms with Gasteiger partial charge in [-0.15, -0.1) is 11.6 Å². The van der Waals surface area contributed by atoms with Gasteiger partial charge in [0.1, 0.15) is 5.82 Å². The highest BCUT2D eigenvalue weighted by Gasteiger charge is 2.14. The molecule has 1 rings (SSSR count). The summed E-state index contributed by atoms with van der Waals surface area (Å²) in [7, 11) is 0. The number of carbonyl (C=O) groups is 1. The number of hydrogen-bond acceptors (Lipinski definition) is 2. The molecule has 1 amide bonds. The second-order valence-electron chi connectivity index (χ2n) is 4.47. The van der Waals surface area contributed by atoms with E-state index in [1.165, 1.54) is 6.07 Å². The minimum Gasteiger partial charge on any atom is -0.339 e. The minimum absolute atomic E-state index is 0.00127. The van der Waals surface area contributed by atoms with Crippen LogP contribution in [0, 0.1) is 17.1 Å². The van der Waals surface area contributed by atoms with E-state index in [1.807, 2.05) is 13.0 Å². The van der Waals surface area contributed by atoms with Gasteiger partial charge in [-0.3, -0.25) is 4.79 Å². The lowest BCUT2D eigenvalue weighted by atomic mass is 10.1. The molecule has 0 aliphatic heterocycles. The summed E-state index contributed by atoms with van der Waals surface area (Å²) in [4.78, 5) is 13.6. The average molecular weight is 297 g/mol. The minimum atomic E-state index is -0.448. The molecule has 0 saturated heterocycles. The molecule has 0 N–H and O–H groups in total. The molecule has 1 aromatic carbocycles. The molecule has 0 aliphatic carbocycles. The Kier molecular flexibility index (Phi) is 7.03. The Morgan fingerprint density at radius 2 is 2.20 bits per heavy atom. The van der Waals surface area contributed by atoms with Gasteiger partial charge in [0.25, 0.3) is 0 Å². The molecule has 0 unspecified atom stereocenters. The second kappa shape index (κ2) is 8.55. The Hall–Kier alpha value is -1.60. The summed E-state index contributed by atoms with van der Waals surface area (Å²) < 4.78 is 13.8. The van der Waals surface area contributed by atoms with Crippen LogP contribution >= 0.6 is 11.6 Å². The lowest BCUT2D eigenvalue weighted by Crippen LogP contribution is -2.30. The number of unbranched alkanes of at least 4 members (excludes halogenated alkanes) is 1. The predicted octanol–water partition coefficient (Wildman–Crippen LogP) is 3.45. The Morgan fingerprint density at radius 3 is 2.75 bits per heavy atom. The van der Waals surface area contributed by atoms with Gasteiger partial charge >= 0.3 is 0 Å². The molecule has 0 saturated carbocycles. The number of halogens is 2. The lowest BCUT2D eigenvalue weighted by molar-refractivity contribution is -0.131. The average Bonchev–Trinajstić information content (AvgIpc) is 2.46. The predicted molar refractivity (Wildman–Crippen MR) is 76.8 cm³/mol. The Morgan fingerprint density at radius 1 is 1.45 bits per heavy atom. The van der Waals surface area contributed by atoms with Crippen LogP contribution in [0.3, 0.4) is 0 Å². The van der Waals surface area contributed by atoms with Crippen LogP contribution in [0.25, 0.3) is 0 Å². The van der Waals surface area contributed by atoms with Crippen LogP contribution in [0.4, 0.5) is 4.39 Å². The molecular weight excluding hydrogens is 279 g/mol. The van der Waals surface area contributed by atoms with Crippen molar-refractivity contribution < 1.29 is 9.18 Å². The van der Waals surface area contributed by atoms with E-state index < -0.39 is 5.82 Å². The fourth-order valence-corrected chi connectivity index (χ4v) is 2.04. The molecule has 0 spiro atoms. The van der Waals surface area contributed by atoms with E-state index in [0.717, 1.165) is 12.8 Å². The summed E-state index contributed by atoms with van der Waals surface area (Å²) in [6.07, 6.45) is 1.98. The molecule has 3 nitrogen and oxygen atoms in total. The fourth-order valence-electron chi connectivity index (χ4n) is 1.86. The van der Waals surface area contributed by atoms with Crippen molar-refractivity contribution in [2.24, 2.45) is 0 Å². The van der Waals surface area contributed by atoms with Crippen LogP contribution in [0.1, 0.15) is 37.3 Å². The first kappa shape index (κ1) is 16.5. The van der Waals surface area contributed by atoms with Crippen molar-refractivity contribution in [3.8, 4) is 6.07 Å². The number of nitrogens with zero attached hydrogens (tertiary/aromatic N) is 2. The lowest BCUT2D eigenvalue weighted by Gasteiger charge is -2.21. The van der Waals surface area contributed by atoms with E-state index in [1.54, 1.807) is 17.0 Å². The van der Waals surface area contributed by atoms with Crippen molar-refractivity contribution in [1.29, 1.82) is 5.26 Å². The highest BCUT2D eigenvalue weighted by molar-refractivity contribution is 6.17. The number of hydrogen-bond donors (Lipinski definition) is 0. The van der Waals surface area contributed by atoms with Gasteiger partial charge in [-0.2, -0.15) is 5.26 Å². The van der Waals surface area contributed by atoms with E-state index in [2.05, 4.69) is 0 Å². The third-order valence-corrected chi connectivity index (χ3v) is 3.32. The van der Waals surface area contributed by atoms with Gasteiger partial charge < -0.3 is 4.90 Å². The summed E-state index contributed by atoms with van der Waals surface area (Å²) in [5.41, 5.74) is 0.708. The highest BCUT2D eigenvalue weighted by atomic mass is 35.5. The van der Waals surface area contributed by atoms with Crippen LogP contribution in [0.15, 0.2) is 18.2 Å². The number of nitriles is 1. The Balaban J connectivity index is 2.68. The quantitative estimate of drug-likeness (QED) is 0.571. The molecule has 0 aliphatic rings. The molecule has 5 heteroatoms. The first-order valence-electron chi connectivity index (χ1n) is 6.64. The topological polar surface area (TPSA) is 44.1 Å². The number of rotatable bonds is 7. The molecule has 0 fully saturated rings. The van der Waals surface area contributed by atoms with Crippen molar-refractivity contribution >= 4 is 17.5 Å². The number of amides is 1. The van der Waals surface area contributed by atoms with Crippen LogP contribution in [-0.4, -0.2) is 23.2 Å². The largest absolute Gasteiger partial charge is 0.339 e. The van der Waals surface area contributed by atoms with Gasteiger partial charge in [0.2, 0.25) is 5.91 Å². The first-order valence-corrected chi connectivity index (χ1v) is 7.18. The van der Waals surface area contributed by atoms with Crippen molar-refractivity contribution in [2.45, 2.75) is 32.7 Å². The normalized spacial score (nSPS) is 10.1. The van der Waals surface area contributed by atoms with Crippen molar-refractivity contribution in [3.63, 3.8) is 0 Å². The van der Waals surface area contributed by atoms with Gasteiger partial charge in [0.05, 0.1) is 11.6 Å². The summed E-state index contributed by atoms with van der Waals surface area (Å²) in [5.74, 6) is 0.0985. The summed E-state index contributed by atoms with van der Waals surface area (Å²) in [6, 6.07) is 6.20. The van der Waals surface area contributed by atoms with Crippen molar-refractivity contribution in [1.82, 2.24) is 4.90 Å². The second-order valence-corrected chi connectivity index (χ2v) is 4.85. The zero-order valence-corrected chi connectivity index (χ0v) is 12.3. The standard InChI is InChI=1S/C15H18ClFN2O/c1-2-19(15(20)5-3-4-8-16)11-13-7-6-12(10-18)9-14(13)17/h6-7,9H,2-5,8,11H2,1H3. The molecule has 108 valence electrons. The van der Waals surface area contributed by atoms with Crippen LogP contribution in [0.5, 0.6) is 0 Å². The van der Waals surface area contributed by atoms with Crippen LogP contribution in [-0.2, 0) is 11.3 Å². The Bertz CT molecular complexity index is 499. The van der Waals surface area contributed by atoms with Gasteiger partial charge in [-0.25, -0.2) is 4.39 Å². The van der Waals surface area contributed by atoms with Gasteiger partial charge in [0, 0.05) is 31.0 Å². The van der Waals surface area contributed by atoms with E-state index >= 15 is 0 Å². The molecule has 20 heavy (non-hydrogen) atoms. The van der Waals surface area contributed by atoms with E-state index in [9.17, 15) is 9.18 Å². The zero-order chi connectivity index (χ0) is 15.0. The number of benzene rings is 1. The summed E-state index contributed by atoms with van der Waals surface area (Å²) in [6.45, 7) is 2.62. The molecular formula is C15H18ClFN2O. The third kappa shape index (κ3) is 4.82. The maximum Gasteiger partial charge on any atom is 0.222 e. The number of alkyl halides is 1. The molecule has 0 radical (unpaired) electrons. The monoisotopic (exact) mass is 296 g/mol. The zero-order valence-electron chi connectivity index (χ0n) is 11.5. The molecule has 0 heterocycles. The third-order valence-electron chi connectivity index (χ3n) is 3.05. The summed E-state index contributed by atoms with van der Waals surface area (Å²) in [5, 5.41) is 8.70. The molecule has 0 atom stereocenters. The van der Waals surface area contributed by atoms with Crippen molar-refractivity contribution in [3.05, 3.63) is 35.1 Å². The Labute approximate surface area is 123 Å². The van der Waals surface area contributed by atoms with Crippen LogP contribution < -0.4 is 0 Å². The molecule has 1 aromatic rings. The van der Waals surface area contributed by atoms with Crippen molar-refractivity contribution in [2.75, 3.05) is 12.4 Å². The van der Waals surface area contributed by atoms with E-state index in [4.69, 9.17) is 16.9 Å². The van der Waals surface area contributed by atoms with Gasteiger partial charge in [-0.1, -0.05) is 6.07 Å². The van der Waals surface area contributed by atoms with Gasteiger partial charge in [-0.05, 0) is 31.9 Å². The van der Waals surface area contributed by atoms with Crippen LogP contribution in [0.2, 0.25) is 0 Å². The smallest absolute Gasteiger partial charge is 0.222 e. The number of carbonyl (C=O) groups excluding carboxylic acids is 1. The summed E-state index contributed by atoms with van der Waals surface area (Å²) >= 11 is 5.58. The fraction of sp³-hybridized carbons (Fsp3) is 0.467. The maximum absolute atomic E-state index is 13.8. The van der Waals surface area contributed by atoms with E-state index in [-0.39, 0.29) is 18.0 Å².